The molecular formula is C16H20N2O2S. The van der Waals surface area contributed by atoms with Gasteiger partial charge in [0.25, 0.3) is 0 Å². The van der Waals surface area contributed by atoms with Crippen molar-refractivity contribution in [3.63, 3.8) is 0 Å². The van der Waals surface area contributed by atoms with Gasteiger partial charge in [0.2, 0.25) is 0 Å². The Morgan fingerprint density at radius 2 is 2.19 bits per heavy atom. The van der Waals surface area contributed by atoms with Gasteiger partial charge in [-0.2, -0.15) is 0 Å². The summed E-state index contributed by atoms with van der Waals surface area (Å²) in [6.45, 7) is 3.45. The molecule has 4 nitrogen and oxygen atoms in total. The minimum absolute atomic E-state index is 0.619. The summed E-state index contributed by atoms with van der Waals surface area (Å²) in [5, 5.41) is 6.63. The predicted octanol–water partition coefficient (Wildman–Crippen LogP) is 3.47. The van der Waals surface area contributed by atoms with Gasteiger partial charge in [-0.25, -0.2) is 4.98 Å². The summed E-state index contributed by atoms with van der Waals surface area (Å²) in [6, 6.07) is 6.67. The third-order valence-corrected chi connectivity index (χ3v) is 4.35. The van der Waals surface area contributed by atoms with Gasteiger partial charge >= 0.3 is 0 Å². The predicted molar refractivity (Wildman–Crippen MR) is 85.1 cm³/mol. The zero-order chi connectivity index (χ0) is 14.7. The standard InChI is InChI=1S/C16H20N2O2S/c1-3-20-15-8-11(4-7-14(15)19-2)16-18-13(10-21-16)9-17-12-5-6-12/h4,7-8,10,12,17H,3,5-6,9H2,1-2H3. The Balaban J connectivity index is 1.77. The molecule has 0 saturated heterocycles. The van der Waals surface area contributed by atoms with E-state index < -0.39 is 0 Å². The molecule has 1 fully saturated rings. The lowest BCUT2D eigenvalue weighted by atomic mass is 10.2. The summed E-state index contributed by atoms with van der Waals surface area (Å²) in [5.41, 5.74) is 2.18. The van der Waals surface area contributed by atoms with E-state index in [-0.39, 0.29) is 0 Å². The van der Waals surface area contributed by atoms with Crippen molar-refractivity contribution in [2.45, 2.75) is 32.4 Å². The fourth-order valence-corrected chi connectivity index (χ4v) is 2.95. The fraction of sp³-hybridized carbons (Fsp3) is 0.438. The van der Waals surface area contributed by atoms with Crippen LogP contribution in [0.15, 0.2) is 23.6 Å². The molecule has 3 rings (SSSR count). The van der Waals surface area contributed by atoms with Crippen LogP contribution in [-0.2, 0) is 6.54 Å². The lowest BCUT2D eigenvalue weighted by Crippen LogP contribution is -2.15. The zero-order valence-electron chi connectivity index (χ0n) is 12.4. The number of rotatable bonds is 7. The van der Waals surface area contributed by atoms with Gasteiger partial charge in [-0.05, 0) is 38.0 Å². The molecule has 0 unspecified atom stereocenters. The summed E-state index contributed by atoms with van der Waals surface area (Å²) < 4.78 is 10.9. The smallest absolute Gasteiger partial charge is 0.161 e. The van der Waals surface area contributed by atoms with Crippen molar-refractivity contribution in [1.82, 2.24) is 10.3 Å². The third-order valence-electron chi connectivity index (χ3n) is 3.41. The summed E-state index contributed by atoms with van der Waals surface area (Å²) >= 11 is 1.67. The van der Waals surface area contributed by atoms with Crippen LogP contribution < -0.4 is 14.8 Å². The van der Waals surface area contributed by atoms with Crippen molar-refractivity contribution in [3.8, 4) is 22.1 Å². The van der Waals surface area contributed by atoms with E-state index in [1.807, 2.05) is 25.1 Å². The molecular weight excluding hydrogens is 284 g/mol. The number of benzene rings is 1. The van der Waals surface area contributed by atoms with Crippen LogP contribution in [0.5, 0.6) is 11.5 Å². The van der Waals surface area contributed by atoms with E-state index in [0.717, 1.165) is 34.3 Å². The molecule has 0 spiro atoms. The molecule has 1 saturated carbocycles. The Morgan fingerprint density at radius 1 is 1.33 bits per heavy atom. The third kappa shape index (κ3) is 3.54. The molecule has 5 heteroatoms. The van der Waals surface area contributed by atoms with Crippen molar-refractivity contribution < 1.29 is 9.47 Å². The molecule has 1 aliphatic carbocycles. The molecule has 112 valence electrons. The monoisotopic (exact) mass is 304 g/mol. The molecule has 1 heterocycles. The second-order valence-electron chi connectivity index (χ2n) is 5.10. The first-order valence-electron chi connectivity index (χ1n) is 7.29. The van der Waals surface area contributed by atoms with Crippen LogP contribution in [0.25, 0.3) is 10.6 Å². The zero-order valence-corrected chi connectivity index (χ0v) is 13.2. The first-order valence-corrected chi connectivity index (χ1v) is 8.17. The molecule has 21 heavy (non-hydrogen) atoms. The normalized spacial score (nSPS) is 14.2. The minimum Gasteiger partial charge on any atom is -0.493 e. The summed E-state index contributed by atoms with van der Waals surface area (Å²) in [7, 11) is 1.66. The molecule has 0 radical (unpaired) electrons. The Kier molecular flexibility index (Phi) is 4.41. The van der Waals surface area contributed by atoms with Gasteiger partial charge in [0.1, 0.15) is 5.01 Å². The first kappa shape index (κ1) is 14.4. The van der Waals surface area contributed by atoms with Crippen LogP contribution >= 0.6 is 11.3 Å². The molecule has 0 bridgehead atoms. The van der Waals surface area contributed by atoms with Gasteiger partial charge in [0.15, 0.2) is 11.5 Å². The maximum atomic E-state index is 5.62. The van der Waals surface area contributed by atoms with Gasteiger partial charge in [-0.3, -0.25) is 0 Å². The average molecular weight is 304 g/mol. The lowest BCUT2D eigenvalue weighted by Gasteiger charge is -2.10. The van der Waals surface area contributed by atoms with Gasteiger partial charge in [-0.15, -0.1) is 11.3 Å². The highest BCUT2D eigenvalue weighted by molar-refractivity contribution is 7.13. The quantitative estimate of drug-likeness (QED) is 0.850. The molecule has 0 amide bonds. The van der Waals surface area contributed by atoms with Crippen molar-refractivity contribution in [2.75, 3.05) is 13.7 Å². The second kappa shape index (κ2) is 6.45. The number of nitrogens with zero attached hydrogens (tertiary/aromatic N) is 1. The van der Waals surface area contributed by atoms with Crippen molar-refractivity contribution in [3.05, 3.63) is 29.3 Å². The number of ether oxygens (including phenoxy) is 2. The highest BCUT2D eigenvalue weighted by Gasteiger charge is 2.20. The maximum absolute atomic E-state index is 5.62. The number of aromatic nitrogens is 1. The van der Waals surface area contributed by atoms with Gasteiger partial charge < -0.3 is 14.8 Å². The molecule has 1 N–H and O–H groups in total. The summed E-state index contributed by atoms with van der Waals surface area (Å²) in [6.07, 6.45) is 2.60. The SMILES string of the molecule is CCOc1cc(-c2nc(CNC3CC3)cs2)ccc1OC. The average Bonchev–Trinajstić information content (AvgIpc) is 3.22. The first-order chi connectivity index (χ1) is 10.3. The molecule has 1 aromatic carbocycles. The minimum atomic E-state index is 0.619. The molecule has 1 aliphatic rings. The largest absolute Gasteiger partial charge is 0.493 e. The van der Waals surface area contributed by atoms with Crippen LogP contribution in [0.3, 0.4) is 0 Å². The number of nitrogens with one attached hydrogen (secondary N) is 1. The Hall–Kier alpha value is -1.59. The topological polar surface area (TPSA) is 43.4 Å². The number of hydrogen-bond acceptors (Lipinski definition) is 5. The van der Waals surface area contributed by atoms with Crippen molar-refractivity contribution >= 4 is 11.3 Å². The van der Waals surface area contributed by atoms with E-state index in [1.54, 1.807) is 18.4 Å². The van der Waals surface area contributed by atoms with Crippen LogP contribution in [0.2, 0.25) is 0 Å². The highest BCUT2D eigenvalue weighted by Crippen LogP contribution is 2.33. The number of thiazole rings is 1. The fourth-order valence-electron chi connectivity index (χ4n) is 2.14. The maximum Gasteiger partial charge on any atom is 0.161 e. The Labute approximate surface area is 129 Å². The van der Waals surface area contributed by atoms with E-state index in [4.69, 9.17) is 14.5 Å². The highest BCUT2D eigenvalue weighted by atomic mass is 32.1. The van der Waals surface area contributed by atoms with Crippen LogP contribution in [0, 0.1) is 0 Å². The van der Waals surface area contributed by atoms with Crippen LogP contribution in [0.4, 0.5) is 0 Å². The van der Waals surface area contributed by atoms with Gasteiger partial charge in [-0.1, -0.05) is 0 Å². The van der Waals surface area contributed by atoms with E-state index in [2.05, 4.69) is 10.7 Å². The second-order valence-corrected chi connectivity index (χ2v) is 5.96. The van der Waals surface area contributed by atoms with E-state index in [1.165, 1.54) is 12.8 Å². The molecule has 0 atom stereocenters. The Bertz CT molecular complexity index is 608. The molecule has 1 aromatic heterocycles. The molecule has 2 aromatic rings. The number of methoxy groups -OCH3 is 1. The van der Waals surface area contributed by atoms with E-state index >= 15 is 0 Å². The van der Waals surface area contributed by atoms with E-state index in [0.29, 0.717) is 12.6 Å². The lowest BCUT2D eigenvalue weighted by molar-refractivity contribution is 0.311. The molecule has 0 aliphatic heterocycles. The number of hydrogen-bond donors (Lipinski definition) is 1. The Morgan fingerprint density at radius 3 is 2.90 bits per heavy atom. The van der Waals surface area contributed by atoms with E-state index in [9.17, 15) is 0 Å². The van der Waals surface area contributed by atoms with Crippen molar-refractivity contribution in [2.24, 2.45) is 0 Å². The van der Waals surface area contributed by atoms with Gasteiger partial charge in [0, 0.05) is 23.5 Å². The summed E-state index contributed by atoms with van der Waals surface area (Å²) in [4.78, 5) is 4.70. The van der Waals surface area contributed by atoms with Gasteiger partial charge in [0.05, 0.1) is 19.4 Å². The van der Waals surface area contributed by atoms with Crippen LogP contribution in [-0.4, -0.2) is 24.7 Å². The van der Waals surface area contributed by atoms with Crippen molar-refractivity contribution in [1.29, 1.82) is 0 Å². The summed E-state index contributed by atoms with van der Waals surface area (Å²) in [5.74, 6) is 1.53. The van der Waals surface area contributed by atoms with Crippen LogP contribution in [0.1, 0.15) is 25.5 Å².